The van der Waals surface area contributed by atoms with Crippen molar-refractivity contribution >= 4 is 46.6 Å². The predicted molar refractivity (Wildman–Crippen MR) is 101 cm³/mol. The highest BCUT2D eigenvalue weighted by Gasteiger charge is 2.13. The molecule has 1 N–H and O–H groups in total. The van der Waals surface area contributed by atoms with E-state index in [0.717, 1.165) is 4.90 Å². The lowest BCUT2D eigenvalue weighted by Crippen LogP contribution is -2.14. The smallest absolute Gasteiger partial charge is 0.234 e. The predicted octanol–water partition coefficient (Wildman–Crippen LogP) is 6.02. The maximum atomic E-state index is 12.0. The molecular weight excluding hydrogens is 349 g/mol. The molecule has 0 unspecified atom stereocenters. The van der Waals surface area contributed by atoms with E-state index < -0.39 is 0 Å². The van der Waals surface area contributed by atoms with E-state index in [1.165, 1.54) is 17.3 Å². The van der Waals surface area contributed by atoms with Crippen molar-refractivity contribution in [3.05, 3.63) is 58.1 Å². The fraction of sp³-hybridized carbons (Fsp3) is 0.278. The minimum absolute atomic E-state index is 0.112. The lowest BCUT2D eigenvalue weighted by molar-refractivity contribution is -0.113. The molecule has 0 fully saturated rings. The monoisotopic (exact) mass is 367 g/mol. The molecule has 0 aliphatic heterocycles. The average Bonchev–Trinajstić information content (AvgIpc) is 2.48. The van der Waals surface area contributed by atoms with Crippen molar-refractivity contribution in [3.63, 3.8) is 0 Å². The molecule has 0 aliphatic carbocycles. The Balaban J connectivity index is 1.93. The van der Waals surface area contributed by atoms with E-state index in [2.05, 4.69) is 38.2 Å². The van der Waals surface area contributed by atoms with Crippen LogP contribution in [0.5, 0.6) is 0 Å². The number of anilines is 1. The molecule has 0 radical (unpaired) electrons. The maximum Gasteiger partial charge on any atom is 0.234 e. The summed E-state index contributed by atoms with van der Waals surface area (Å²) in [5.74, 6) is 0.205. The first-order chi connectivity index (χ1) is 10.8. The van der Waals surface area contributed by atoms with Crippen molar-refractivity contribution in [2.24, 2.45) is 0 Å². The first-order valence-electron chi connectivity index (χ1n) is 7.24. The minimum Gasteiger partial charge on any atom is -0.324 e. The summed E-state index contributed by atoms with van der Waals surface area (Å²) >= 11 is 13.4. The molecule has 2 aromatic carbocycles. The summed E-state index contributed by atoms with van der Waals surface area (Å²) in [6, 6.07) is 13.3. The van der Waals surface area contributed by atoms with Crippen molar-refractivity contribution in [1.82, 2.24) is 0 Å². The number of carbonyl (C=O) groups is 1. The van der Waals surface area contributed by atoms with Gasteiger partial charge in [-0.05, 0) is 41.3 Å². The summed E-state index contributed by atoms with van der Waals surface area (Å²) < 4.78 is 0. The number of hydrogen-bond acceptors (Lipinski definition) is 2. The molecule has 0 saturated heterocycles. The van der Waals surface area contributed by atoms with E-state index in [0.29, 0.717) is 21.5 Å². The van der Waals surface area contributed by atoms with Crippen molar-refractivity contribution in [2.75, 3.05) is 11.1 Å². The SMILES string of the molecule is CC(C)(C)c1ccc(SCC(=O)Nc2cc(Cl)ccc2Cl)cc1. The van der Waals surface area contributed by atoms with Gasteiger partial charge in [0.1, 0.15) is 0 Å². The molecular formula is C18H19Cl2NOS. The Kier molecular flexibility index (Phi) is 6.01. The minimum atomic E-state index is -0.112. The molecule has 0 saturated carbocycles. The number of hydrogen-bond donors (Lipinski definition) is 1. The number of nitrogens with one attached hydrogen (secondary N) is 1. The van der Waals surface area contributed by atoms with Gasteiger partial charge in [0.2, 0.25) is 5.91 Å². The molecule has 0 aromatic heterocycles. The van der Waals surface area contributed by atoms with Crippen LogP contribution in [0, 0.1) is 0 Å². The zero-order valence-electron chi connectivity index (χ0n) is 13.3. The van der Waals surface area contributed by atoms with Gasteiger partial charge in [-0.2, -0.15) is 0 Å². The lowest BCUT2D eigenvalue weighted by atomic mass is 9.87. The zero-order valence-corrected chi connectivity index (χ0v) is 15.6. The first-order valence-corrected chi connectivity index (χ1v) is 8.98. The van der Waals surface area contributed by atoms with Crippen LogP contribution in [-0.4, -0.2) is 11.7 Å². The number of thioether (sulfide) groups is 1. The molecule has 2 rings (SSSR count). The summed E-state index contributed by atoms with van der Waals surface area (Å²) in [6.07, 6.45) is 0. The number of halogens is 2. The van der Waals surface area contributed by atoms with E-state index in [4.69, 9.17) is 23.2 Å². The van der Waals surface area contributed by atoms with Crippen molar-refractivity contribution < 1.29 is 4.79 Å². The molecule has 23 heavy (non-hydrogen) atoms. The average molecular weight is 368 g/mol. The molecule has 5 heteroatoms. The van der Waals surface area contributed by atoms with E-state index >= 15 is 0 Å². The van der Waals surface area contributed by atoms with Gasteiger partial charge in [0, 0.05) is 9.92 Å². The molecule has 0 aliphatic rings. The fourth-order valence-electron chi connectivity index (χ4n) is 1.98. The third-order valence-electron chi connectivity index (χ3n) is 3.29. The van der Waals surface area contributed by atoms with E-state index in [-0.39, 0.29) is 11.3 Å². The number of rotatable bonds is 4. The summed E-state index contributed by atoms with van der Waals surface area (Å²) in [4.78, 5) is 13.1. The van der Waals surface area contributed by atoms with Gasteiger partial charge in [0.15, 0.2) is 0 Å². The highest BCUT2D eigenvalue weighted by atomic mass is 35.5. The molecule has 122 valence electrons. The normalized spacial score (nSPS) is 11.3. The van der Waals surface area contributed by atoms with Crippen LogP contribution in [0.4, 0.5) is 5.69 Å². The van der Waals surface area contributed by atoms with E-state index in [1.54, 1.807) is 18.2 Å². The number of amides is 1. The van der Waals surface area contributed by atoms with Gasteiger partial charge in [-0.25, -0.2) is 0 Å². The zero-order chi connectivity index (χ0) is 17.0. The summed E-state index contributed by atoms with van der Waals surface area (Å²) in [6.45, 7) is 6.53. The largest absolute Gasteiger partial charge is 0.324 e. The highest BCUT2D eigenvalue weighted by Crippen LogP contribution is 2.27. The Hall–Kier alpha value is -1.16. The van der Waals surface area contributed by atoms with Gasteiger partial charge in [0.25, 0.3) is 0 Å². The summed E-state index contributed by atoms with van der Waals surface area (Å²) in [5.41, 5.74) is 1.94. The Morgan fingerprint density at radius 2 is 1.74 bits per heavy atom. The van der Waals surface area contributed by atoms with Gasteiger partial charge in [-0.15, -0.1) is 11.8 Å². The van der Waals surface area contributed by atoms with E-state index in [1.807, 2.05) is 12.1 Å². The quantitative estimate of drug-likeness (QED) is 0.669. The van der Waals surface area contributed by atoms with Crippen LogP contribution in [0.1, 0.15) is 26.3 Å². The van der Waals surface area contributed by atoms with Crippen LogP contribution in [0.25, 0.3) is 0 Å². The Morgan fingerprint density at radius 1 is 1.09 bits per heavy atom. The Labute approximate surface area is 151 Å². The molecule has 0 atom stereocenters. The molecule has 0 spiro atoms. The molecule has 0 bridgehead atoms. The van der Waals surface area contributed by atoms with Crippen LogP contribution >= 0.6 is 35.0 Å². The second-order valence-electron chi connectivity index (χ2n) is 6.24. The second kappa shape index (κ2) is 7.61. The third kappa shape index (κ3) is 5.45. The van der Waals surface area contributed by atoms with Crippen molar-refractivity contribution in [2.45, 2.75) is 31.1 Å². The van der Waals surface area contributed by atoms with E-state index in [9.17, 15) is 4.79 Å². The number of benzene rings is 2. The topological polar surface area (TPSA) is 29.1 Å². The third-order valence-corrected chi connectivity index (χ3v) is 4.87. The van der Waals surface area contributed by atoms with Crippen molar-refractivity contribution in [1.29, 1.82) is 0 Å². The lowest BCUT2D eigenvalue weighted by Gasteiger charge is -2.19. The molecule has 1 amide bonds. The molecule has 2 nitrogen and oxygen atoms in total. The van der Waals surface area contributed by atoms with Crippen LogP contribution in [0.15, 0.2) is 47.4 Å². The van der Waals surface area contributed by atoms with Gasteiger partial charge < -0.3 is 5.32 Å². The second-order valence-corrected chi connectivity index (χ2v) is 8.13. The number of carbonyl (C=O) groups excluding carboxylic acids is 1. The van der Waals surface area contributed by atoms with Crippen molar-refractivity contribution in [3.8, 4) is 0 Å². The highest BCUT2D eigenvalue weighted by molar-refractivity contribution is 8.00. The maximum absolute atomic E-state index is 12.0. The van der Waals surface area contributed by atoms with Crippen LogP contribution in [-0.2, 0) is 10.2 Å². The first kappa shape index (κ1) is 18.2. The van der Waals surface area contributed by atoms with Gasteiger partial charge >= 0.3 is 0 Å². The van der Waals surface area contributed by atoms with Gasteiger partial charge in [0.05, 0.1) is 16.5 Å². The molecule has 2 aromatic rings. The fourth-order valence-corrected chi connectivity index (χ4v) is 3.01. The molecule has 0 heterocycles. The Morgan fingerprint density at radius 3 is 2.35 bits per heavy atom. The van der Waals surface area contributed by atoms with Crippen LogP contribution < -0.4 is 5.32 Å². The standard InChI is InChI=1S/C18H19Cl2NOS/c1-18(2,3)12-4-7-14(8-5-12)23-11-17(22)21-16-10-13(19)6-9-15(16)20/h4-10H,11H2,1-3H3,(H,21,22). The summed E-state index contributed by atoms with van der Waals surface area (Å²) in [7, 11) is 0. The van der Waals surface area contributed by atoms with Gasteiger partial charge in [-0.3, -0.25) is 4.79 Å². The summed E-state index contributed by atoms with van der Waals surface area (Å²) in [5, 5.41) is 3.79. The Bertz CT molecular complexity index is 693. The van der Waals surface area contributed by atoms with Crippen LogP contribution in [0.3, 0.4) is 0 Å². The van der Waals surface area contributed by atoms with Gasteiger partial charge in [-0.1, -0.05) is 56.1 Å². The van der Waals surface area contributed by atoms with Crippen LogP contribution in [0.2, 0.25) is 10.0 Å².